The standard InChI is InChI=1S/C13H17F3N2O2/c14-13(15,16)20-8-5-17-11-1-3-12(4-2-11)18-6-9-19-10-7-18/h1-4,17H,5-10H2. The Morgan fingerprint density at radius 2 is 1.80 bits per heavy atom. The highest BCUT2D eigenvalue weighted by atomic mass is 19.4. The summed E-state index contributed by atoms with van der Waals surface area (Å²) in [5, 5.41) is 2.88. The Morgan fingerprint density at radius 1 is 1.15 bits per heavy atom. The van der Waals surface area contributed by atoms with Crippen molar-refractivity contribution in [2.75, 3.05) is 49.7 Å². The number of ether oxygens (including phenoxy) is 2. The number of alkyl halides is 3. The molecule has 2 rings (SSSR count). The van der Waals surface area contributed by atoms with Crippen LogP contribution in [0.2, 0.25) is 0 Å². The van der Waals surface area contributed by atoms with Crippen molar-refractivity contribution < 1.29 is 22.6 Å². The molecule has 1 aromatic carbocycles. The van der Waals surface area contributed by atoms with Crippen LogP contribution in [0.4, 0.5) is 24.5 Å². The van der Waals surface area contributed by atoms with Gasteiger partial charge in [-0.3, -0.25) is 4.74 Å². The maximum Gasteiger partial charge on any atom is 0.522 e. The molecule has 1 aromatic rings. The second-order valence-electron chi connectivity index (χ2n) is 4.37. The molecule has 0 aromatic heterocycles. The van der Waals surface area contributed by atoms with E-state index in [1.807, 2.05) is 24.3 Å². The first-order chi connectivity index (χ1) is 9.54. The molecule has 1 aliphatic heterocycles. The molecule has 0 bridgehead atoms. The van der Waals surface area contributed by atoms with Gasteiger partial charge in [0.1, 0.15) is 0 Å². The van der Waals surface area contributed by atoms with E-state index in [1.165, 1.54) is 0 Å². The van der Waals surface area contributed by atoms with Crippen LogP contribution in [0.25, 0.3) is 0 Å². The highest BCUT2D eigenvalue weighted by Crippen LogP contribution is 2.19. The predicted octanol–water partition coefficient (Wildman–Crippen LogP) is 2.47. The van der Waals surface area contributed by atoms with E-state index >= 15 is 0 Å². The molecule has 0 radical (unpaired) electrons. The fourth-order valence-corrected chi connectivity index (χ4v) is 1.97. The summed E-state index contributed by atoms with van der Waals surface area (Å²) >= 11 is 0. The van der Waals surface area contributed by atoms with Crippen LogP contribution >= 0.6 is 0 Å². The van der Waals surface area contributed by atoms with Crippen molar-refractivity contribution in [3.8, 4) is 0 Å². The van der Waals surface area contributed by atoms with Gasteiger partial charge in [0, 0.05) is 31.0 Å². The monoisotopic (exact) mass is 290 g/mol. The van der Waals surface area contributed by atoms with Crippen molar-refractivity contribution in [1.29, 1.82) is 0 Å². The highest BCUT2D eigenvalue weighted by molar-refractivity contribution is 5.55. The third-order valence-corrected chi connectivity index (χ3v) is 2.94. The van der Waals surface area contributed by atoms with Gasteiger partial charge in [-0.2, -0.15) is 0 Å². The third kappa shape index (κ3) is 4.90. The molecule has 4 nitrogen and oxygen atoms in total. The summed E-state index contributed by atoms with van der Waals surface area (Å²) in [7, 11) is 0. The summed E-state index contributed by atoms with van der Waals surface area (Å²) in [6, 6.07) is 7.58. The number of benzene rings is 1. The number of nitrogens with one attached hydrogen (secondary N) is 1. The van der Waals surface area contributed by atoms with Crippen LogP contribution in [0.5, 0.6) is 0 Å². The van der Waals surface area contributed by atoms with Gasteiger partial charge in [-0.05, 0) is 24.3 Å². The number of hydrogen-bond acceptors (Lipinski definition) is 4. The summed E-state index contributed by atoms with van der Waals surface area (Å²) in [5.41, 5.74) is 1.86. The van der Waals surface area contributed by atoms with Gasteiger partial charge in [-0.15, -0.1) is 13.2 Å². The summed E-state index contributed by atoms with van der Waals surface area (Å²) in [5.74, 6) is 0. The highest BCUT2D eigenvalue weighted by Gasteiger charge is 2.28. The smallest absolute Gasteiger partial charge is 0.383 e. The first-order valence-corrected chi connectivity index (χ1v) is 6.42. The van der Waals surface area contributed by atoms with E-state index < -0.39 is 13.0 Å². The second-order valence-corrected chi connectivity index (χ2v) is 4.37. The fourth-order valence-electron chi connectivity index (χ4n) is 1.97. The topological polar surface area (TPSA) is 33.7 Å². The maximum atomic E-state index is 11.8. The van der Waals surface area contributed by atoms with Gasteiger partial charge in [-0.25, -0.2) is 0 Å². The van der Waals surface area contributed by atoms with Crippen molar-refractivity contribution in [3.63, 3.8) is 0 Å². The van der Waals surface area contributed by atoms with E-state index in [2.05, 4.69) is 15.0 Å². The van der Waals surface area contributed by atoms with Crippen LogP contribution in [0.3, 0.4) is 0 Å². The molecule has 1 heterocycles. The number of hydrogen-bond donors (Lipinski definition) is 1. The number of rotatable bonds is 5. The molecule has 0 atom stereocenters. The van der Waals surface area contributed by atoms with Crippen molar-refractivity contribution in [3.05, 3.63) is 24.3 Å². The van der Waals surface area contributed by atoms with Gasteiger partial charge < -0.3 is 15.0 Å². The minimum absolute atomic E-state index is 0.108. The molecule has 112 valence electrons. The Bertz CT molecular complexity index is 403. The lowest BCUT2D eigenvalue weighted by Gasteiger charge is -2.28. The molecule has 1 N–H and O–H groups in total. The molecule has 1 fully saturated rings. The Balaban J connectivity index is 1.76. The second kappa shape index (κ2) is 6.81. The fraction of sp³-hybridized carbons (Fsp3) is 0.538. The van der Waals surface area contributed by atoms with Crippen LogP contribution in [0.15, 0.2) is 24.3 Å². The van der Waals surface area contributed by atoms with Crippen LogP contribution in [0, 0.1) is 0 Å². The quantitative estimate of drug-likeness (QED) is 0.845. The molecule has 7 heteroatoms. The van der Waals surface area contributed by atoms with Crippen LogP contribution < -0.4 is 10.2 Å². The normalized spacial score (nSPS) is 16.2. The van der Waals surface area contributed by atoms with E-state index in [0.29, 0.717) is 0 Å². The Hall–Kier alpha value is -1.47. The maximum absolute atomic E-state index is 11.8. The summed E-state index contributed by atoms with van der Waals surface area (Å²) < 4.78 is 44.3. The predicted molar refractivity (Wildman–Crippen MR) is 70.0 cm³/mol. The van der Waals surface area contributed by atoms with Crippen LogP contribution in [-0.2, 0) is 9.47 Å². The first-order valence-electron chi connectivity index (χ1n) is 6.42. The third-order valence-electron chi connectivity index (χ3n) is 2.94. The van der Waals surface area contributed by atoms with E-state index in [0.717, 1.165) is 37.7 Å². The SMILES string of the molecule is FC(F)(F)OCCNc1ccc(N2CCOCC2)cc1. The number of morpholine rings is 1. The van der Waals surface area contributed by atoms with Crippen molar-refractivity contribution in [2.24, 2.45) is 0 Å². The number of nitrogens with zero attached hydrogens (tertiary/aromatic N) is 1. The van der Waals surface area contributed by atoms with E-state index in [-0.39, 0.29) is 6.54 Å². The Labute approximate surface area is 115 Å². The molecule has 0 saturated carbocycles. The minimum Gasteiger partial charge on any atom is -0.383 e. The molecule has 0 spiro atoms. The Morgan fingerprint density at radius 3 is 2.40 bits per heavy atom. The largest absolute Gasteiger partial charge is 0.522 e. The lowest BCUT2D eigenvalue weighted by molar-refractivity contribution is -0.322. The summed E-state index contributed by atoms with van der Waals surface area (Å²) in [6.07, 6.45) is -4.57. The molecule has 0 aliphatic carbocycles. The number of halogens is 3. The van der Waals surface area contributed by atoms with Crippen LogP contribution in [0.1, 0.15) is 0 Å². The molecule has 1 aliphatic rings. The molecule has 0 amide bonds. The van der Waals surface area contributed by atoms with Gasteiger partial charge in [-0.1, -0.05) is 0 Å². The van der Waals surface area contributed by atoms with Crippen molar-refractivity contribution in [1.82, 2.24) is 0 Å². The van der Waals surface area contributed by atoms with Gasteiger partial charge in [0.05, 0.1) is 19.8 Å². The summed E-state index contributed by atoms with van der Waals surface area (Å²) in [6.45, 7) is 2.84. The van der Waals surface area contributed by atoms with Gasteiger partial charge in [0.15, 0.2) is 0 Å². The first kappa shape index (κ1) is 14.9. The minimum atomic E-state index is -4.57. The zero-order chi connectivity index (χ0) is 14.4. The lowest BCUT2D eigenvalue weighted by Crippen LogP contribution is -2.36. The van der Waals surface area contributed by atoms with E-state index in [1.54, 1.807) is 0 Å². The molecular formula is C13H17F3N2O2. The molecular weight excluding hydrogens is 273 g/mol. The molecule has 0 unspecified atom stereocenters. The average Bonchev–Trinajstić information content (AvgIpc) is 2.44. The van der Waals surface area contributed by atoms with Gasteiger partial charge >= 0.3 is 6.36 Å². The van der Waals surface area contributed by atoms with Gasteiger partial charge in [0.2, 0.25) is 0 Å². The number of anilines is 2. The molecule has 20 heavy (non-hydrogen) atoms. The lowest BCUT2D eigenvalue weighted by atomic mass is 10.2. The molecule has 1 saturated heterocycles. The van der Waals surface area contributed by atoms with Gasteiger partial charge in [0.25, 0.3) is 0 Å². The zero-order valence-corrected chi connectivity index (χ0v) is 10.9. The van der Waals surface area contributed by atoms with Crippen LogP contribution in [-0.4, -0.2) is 45.8 Å². The average molecular weight is 290 g/mol. The van der Waals surface area contributed by atoms with Crippen molar-refractivity contribution in [2.45, 2.75) is 6.36 Å². The van der Waals surface area contributed by atoms with E-state index in [4.69, 9.17) is 4.74 Å². The zero-order valence-electron chi connectivity index (χ0n) is 10.9. The summed E-state index contributed by atoms with van der Waals surface area (Å²) in [4.78, 5) is 2.21. The van der Waals surface area contributed by atoms with Crippen molar-refractivity contribution >= 4 is 11.4 Å². The Kier molecular flexibility index (Phi) is 5.08. The van der Waals surface area contributed by atoms with E-state index in [9.17, 15) is 13.2 Å².